The molecule has 3 aromatic carbocycles. The molecule has 0 saturated carbocycles. The van der Waals surface area contributed by atoms with Gasteiger partial charge >= 0.3 is 5.97 Å². The summed E-state index contributed by atoms with van der Waals surface area (Å²) in [5.41, 5.74) is 0.924. The minimum Gasteiger partial charge on any atom is -0.454 e. The number of hydrogen-bond acceptors (Lipinski definition) is 8. The van der Waals surface area contributed by atoms with Crippen LogP contribution in [0.3, 0.4) is 0 Å². The molecule has 0 spiro atoms. The lowest BCUT2D eigenvalue weighted by Crippen LogP contribution is -2.08. The highest BCUT2D eigenvalue weighted by molar-refractivity contribution is 6.14. The monoisotopic (exact) mass is 431 g/mol. The summed E-state index contributed by atoms with van der Waals surface area (Å²) in [5.74, 6) is 0.450. The lowest BCUT2D eigenvalue weighted by atomic mass is 10.1. The molecule has 9 heteroatoms. The van der Waals surface area contributed by atoms with E-state index in [0.29, 0.717) is 22.6 Å². The second kappa shape index (κ2) is 7.55. The third-order valence-electron chi connectivity index (χ3n) is 4.84. The Morgan fingerprint density at radius 1 is 1.00 bits per heavy atom. The van der Waals surface area contributed by atoms with Crippen molar-refractivity contribution < 1.29 is 33.5 Å². The summed E-state index contributed by atoms with van der Waals surface area (Å²) in [5, 5.41) is 10.9. The molecule has 2 aliphatic heterocycles. The molecule has 158 valence electrons. The molecule has 2 heterocycles. The zero-order chi connectivity index (χ0) is 22.2. The molecular weight excluding hydrogens is 418 g/mol. The largest absolute Gasteiger partial charge is 0.454 e. The van der Waals surface area contributed by atoms with Gasteiger partial charge < -0.3 is 18.9 Å². The Bertz CT molecular complexity index is 1330. The third kappa shape index (κ3) is 3.52. The SMILES string of the molecule is O=C(Oc1ccc2c(c1)O/C(=C/c1cccc([N+](=O)[O-])c1)C2=O)c1ccc2c(c1)OCO2. The Hall–Kier alpha value is -4.66. The average Bonchev–Trinajstić information content (AvgIpc) is 3.37. The maximum absolute atomic E-state index is 12.6. The van der Waals surface area contributed by atoms with Crippen LogP contribution in [0.4, 0.5) is 5.69 Å². The standard InChI is InChI=1S/C23H13NO8/c25-22-17-6-5-16(31-23(26)14-4-7-18-20(10-14)30-12-29-18)11-19(17)32-21(22)9-13-2-1-3-15(8-13)24(27)28/h1-11H,12H2/b21-9+. The van der Waals surface area contributed by atoms with Gasteiger partial charge in [-0.15, -0.1) is 0 Å². The molecule has 0 aliphatic carbocycles. The molecule has 32 heavy (non-hydrogen) atoms. The van der Waals surface area contributed by atoms with Gasteiger partial charge in [0, 0.05) is 18.2 Å². The Kier molecular flexibility index (Phi) is 4.55. The summed E-state index contributed by atoms with van der Waals surface area (Å²) < 4.78 is 21.5. The number of carbonyl (C=O) groups is 2. The van der Waals surface area contributed by atoms with Crippen LogP contribution in [0.1, 0.15) is 26.3 Å². The molecule has 0 amide bonds. The van der Waals surface area contributed by atoms with E-state index in [4.69, 9.17) is 18.9 Å². The number of ether oxygens (including phenoxy) is 4. The number of non-ortho nitro benzene ring substituents is 1. The van der Waals surface area contributed by atoms with Crippen molar-refractivity contribution in [1.82, 2.24) is 0 Å². The van der Waals surface area contributed by atoms with Crippen molar-refractivity contribution in [1.29, 1.82) is 0 Å². The highest BCUT2D eigenvalue weighted by atomic mass is 16.7. The van der Waals surface area contributed by atoms with E-state index < -0.39 is 10.9 Å². The lowest BCUT2D eigenvalue weighted by molar-refractivity contribution is -0.384. The molecule has 0 radical (unpaired) electrons. The molecule has 2 aliphatic rings. The predicted octanol–water partition coefficient (Wildman–Crippen LogP) is 4.16. The Morgan fingerprint density at radius 2 is 1.84 bits per heavy atom. The van der Waals surface area contributed by atoms with Crippen LogP contribution < -0.4 is 18.9 Å². The fourth-order valence-electron chi connectivity index (χ4n) is 3.30. The summed E-state index contributed by atoms with van der Waals surface area (Å²) in [6.07, 6.45) is 1.42. The zero-order valence-corrected chi connectivity index (χ0v) is 16.3. The van der Waals surface area contributed by atoms with Crippen LogP contribution in [0, 0.1) is 10.1 Å². The Labute approximate surface area is 180 Å². The van der Waals surface area contributed by atoms with Crippen LogP contribution in [0.2, 0.25) is 0 Å². The van der Waals surface area contributed by atoms with Crippen molar-refractivity contribution in [2.75, 3.05) is 6.79 Å². The van der Waals surface area contributed by atoms with E-state index >= 15 is 0 Å². The molecule has 0 aromatic heterocycles. The van der Waals surface area contributed by atoms with Crippen LogP contribution in [0.5, 0.6) is 23.0 Å². The first-order valence-electron chi connectivity index (χ1n) is 9.42. The fraction of sp³-hybridized carbons (Fsp3) is 0.0435. The normalized spacial score (nSPS) is 14.8. The summed E-state index contributed by atoms with van der Waals surface area (Å²) in [6, 6.07) is 15.0. The summed E-state index contributed by atoms with van der Waals surface area (Å²) >= 11 is 0. The zero-order valence-electron chi connectivity index (χ0n) is 16.3. The van der Waals surface area contributed by atoms with Crippen molar-refractivity contribution in [2.24, 2.45) is 0 Å². The van der Waals surface area contributed by atoms with Gasteiger partial charge in [-0.1, -0.05) is 12.1 Å². The van der Waals surface area contributed by atoms with Gasteiger partial charge in [-0.3, -0.25) is 14.9 Å². The number of benzene rings is 3. The minimum atomic E-state index is -0.611. The molecule has 9 nitrogen and oxygen atoms in total. The molecule has 0 atom stereocenters. The molecule has 0 saturated heterocycles. The van der Waals surface area contributed by atoms with Crippen LogP contribution in [0.15, 0.2) is 66.4 Å². The first-order chi connectivity index (χ1) is 15.5. The highest BCUT2D eigenvalue weighted by Crippen LogP contribution is 2.36. The number of hydrogen-bond donors (Lipinski definition) is 0. The summed E-state index contributed by atoms with van der Waals surface area (Å²) in [4.78, 5) is 35.5. The van der Waals surface area contributed by atoms with Crippen molar-refractivity contribution in [2.45, 2.75) is 0 Å². The number of fused-ring (bicyclic) bond motifs is 2. The number of nitrogens with zero attached hydrogens (tertiary/aromatic N) is 1. The molecular formula is C23H13NO8. The van der Waals surface area contributed by atoms with Crippen LogP contribution in [-0.2, 0) is 0 Å². The molecule has 0 bridgehead atoms. The molecule has 0 N–H and O–H groups in total. The highest BCUT2D eigenvalue weighted by Gasteiger charge is 2.28. The van der Waals surface area contributed by atoms with Gasteiger partial charge in [0.15, 0.2) is 17.3 Å². The predicted molar refractivity (Wildman–Crippen MR) is 110 cm³/mol. The second-order valence-corrected chi connectivity index (χ2v) is 6.91. The summed E-state index contributed by atoms with van der Waals surface area (Å²) in [6.45, 7) is 0.0935. The average molecular weight is 431 g/mol. The van der Waals surface area contributed by atoms with E-state index in [0.717, 1.165) is 0 Å². The van der Waals surface area contributed by atoms with Gasteiger partial charge in [-0.25, -0.2) is 4.79 Å². The number of allylic oxidation sites excluding steroid dienone is 1. The van der Waals surface area contributed by atoms with Crippen LogP contribution in [-0.4, -0.2) is 23.5 Å². The van der Waals surface area contributed by atoms with E-state index in [1.165, 1.54) is 48.5 Å². The van der Waals surface area contributed by atoms with E-state index in [2.05, 4.69) is 0 Å². The van der Waals surface area contributed by atoms with Gasteiger partial charge in [0.05, 0.1) is 16.1 Å². The molecule has 5 rings (SSSR count). The van der Waals surface area contributed by atoms with E-state index in [1.54, 1.807) is 18.2 Å². The number of carbonyl (C=O) groups excluding carboxylic acids is 2. The van der Waals surface area contributed by atoms with E-state index in [1.807, 2.05) is 0 Å². The minimum absolute atomic E-state index is 0.0137. The van der Waals surface area contributed by atoms with E-state index in [-0.39, 0.29) is 41.1 Å². The number of rotatable bonds is 4. The quantitative estimate of drug-likeness (QED) is 0.199. The number of nitro groups is 1. The number of Topliss-reactive ketones (excluding diaryl/α,β-unsaturated/α-hetero) is 1. The van der Waals surface area contributed by atoms with Gasteiger partial charge in [-0.05, 0) is 42.0 Å². The van der Waals surface area contributed by atoms with Crippen molar-refractivity contribution in [3.8, 4) is 23.0 Å². The van der Waals surface area contributed by atoms with Gasteiger partial charge in [-0.2, -0.15) is 0 Å². The van der Waals surface area contributed by atoms with Crippen molar-refractivity contribution >= 4 is 23.5 Å². The Balaban J connectivity index is 1.35. The van der Waals surface area contributed by atoms with Gasteiger partial charge in [0.1, 0.15) is 11.5 Å². The smallest absolute Gasteiger partial charge is 0.343 e. The first kappa shape index (κ1) is 19.3. The maximum atomic E-state index is 12.6. The molecule has 0 unspecified atom stereocenters. The molecule has 0 fully saturated rings. The number of esters is 1. The first-order valence-corrected chi connectivity index (χ1v) is 9.42. The topological polar surface area (TPSA) is 114 Å². The van der Waals surface area contributed by atoms with Crippen LogP contribution in [0.25, 0.3) is 6.08 Å². The lowest BCUT2D eigenvalue weighted by Gasteiger charge is -2.06. The number of nitro benzene ring substituents is 1. The van der Waals surface area contributed by atoms with Gasteiger partial charge in [0.2, 0.25) is 12.6 Å². The van der Waals surface area contributed by atoms with E-state index in [9.17, 15) is 19.7 Å². The molecule has 3 aromatic rings. The fourth-order valence-corrected chi connectivity index (χ4v) is 3.30. The summed E-state index contributed by atoms with van der Waals surface area (Å²) in [7, 11) is 0. The van der Waals surface area contributed by atoms with Crippen LogP contribution >= 0.6 is 0 Å². The number of ketones is 1. The second-order valence-electron chi connectivity index (χ2n) is 6.91. The Morgan fingerprint density at radius 3 is 2.69 bits per heavy atom. The third-order valence-corrected chi connectivity index (χ3v) is 4.84. The van der Waals surface area contributed by atoms with Crippen molar-refractivity contribution in [3.05, 3.63) is 93.2 Å². The maximum Gasteiger partial charge on any atom is 0.343 e. The van der Waals surface area contributed by atoms with Crippen molar-refractivity contribution in [3.63, 3.8) is 0 Å². The van der Waals surface area contributed by atoms with Gasteiger partial charge in [0.25, 0.3) is 5.69 Å².